The number of amides is 1. The fraction of sp³-hybridized carbons (Fsp3) is 0.0714. The summed E-state index contributed by atoms with van der Waals surface area (Å²) in [6, 6.07) is 10.5. The van der Waals surface area contributed by atoms with Gasteiger partial charge in [0.2, 0.25) is 0 Å². The van der Waals surface area contributed by atoms with Crippen LogP contribution in [0.25, 0.3) is 0 Å². The van der Waals surface area contributed by atoms with Crippen molar-refractivity contribution < 1.29 is 4.79 Å². The molecule has 0 aliphatic carbocycles. The van der Waals surface area contributed by atoms with E-state index in [0.717, 1.165) is 5.56 Å². The largest absolute Gasteiger partial charge is 0.272 e. The lowest BCUT2D eigenvalue weighted by Gasteiger charge is -2.04. The number of carbonyl (C=O) groups is 1. The summed E-state index contributed by atoms with van der Waals surface area (Å²) in [4.78, 5) is 15.8. The van der Waals surface area contributed by atoms with Crippen LogP contribution in [0.15, 0.2) is 53.9 Å². The van der Waals surface area contributed by atoms with E-state index in [1.165, 1.54) is 0 Å². The highest BCUT2D eigenvalue weighted by molar-refractivity contribution is 6.33. The molecular formula is C14H12ClN3O. The first kappa shape index (κ1) is 13.2. The Kier molecular flexibility index (Phi) is 4.26. The molecular weight excluding hydrogens is 262 g/mol. The molecule has 96 valence electrons. The zero-order valence-corrected chi connectivity index (χ0v) is 11.1. The zero-order valence-electron chi connectivity index (χ0n) is 10.3. The summed E-state index contributed by atoms with van der Waals surface area (Å²) in [6.45, 7) is 1.81. The van der Waals surface area contributed by atoms with Gasteiger partial charge in [0.1, 0.15) is 0 Å². The second-order valence-corrected chi connectivity index (χ2v) is 4.26. The van der Waals surface area contributed by atoms with Crippen LogP contribution in [0, 0.1) is 0 Å². The van der Waals surface area contributed by atoms with Crippen LogP contribution < -0.4 is 5.43 Å². The van der Waals surface area contributed by atoms with Crippen molar-refractivity contribution in [2.75, 3.05) is 0 Å². The molecule has 1 aromatic heterocycles. The van der Waals surface area contributed by atoms with Crippen molar-refractivity contribution in [1.82, 2.24) is 10.4 Å². The maximum Gasteiger partial charge on any atom is 0.272 e. The van der Waals surface area contributed by atoms with Crippen LogP contribution >= 0.6 is 11.6 Å². The Balaban J connectivity index is 2.11. The van der Waals surface area contributed by atoms with E-state index < -0.39 is 0 Å². The zero-order chi connectivity index (χ0) is 13.7. The molecule has 1 amide bonds. The minimum absolute atomic E-state index is 0.334. The minimum atomic E-state index is -0.334. The maximum absolute atomic E-state index is 11.9. The first-order chi connectivity index (χ1) is 9.18. The molecule has 19 heavy (non-hydrogen) atoms. The first-order valence-electron chi connectivity index (χ1n) is 5.68. The van der Waals surface area contributed by atoms with Crippen molar-refractivity contribution in [2.24, 2.45) is 5.10 Å². The van der Waals surface area contributed by atoms with Gasteiger partial charge in [0.05, 0.1) is 16.3 Å². The highest BCUT2D eigenvalue weighted by Crippen LogP contribution is 2.14. The summed E-state index contributed by atoms with van der Waals surface area (Å²) in [5.41, 5.74) is 4.48. The lowest BCUT2D eigenvalue weighted by molar-refractivity contribution is 0.0955. The molecule has 2 rings (SSSR count). The van der Waals surface area contributed by atoms with Crippen LogP contribution in [-0.4, -0.2) is 16.6 Å². The van der Waals surface area contributed by atoms with Gasteiger partial charge >= 0.3 is 0 Å². The van der Waals surface area contributed by atoms with Crippen molar-refractivity contribution in [2.45, 2.75) is 6.92 Å². The van der Waals surface area contributed by atoms with E-state index >= 15 is 0 Å². The van der Waals surface area contributed by atoms with E-state index in [4.69, 9.17) is 11.6 Å². The van der Waals surface area contributed by atoms with Crippen molar-refractivity contribution >= 4 is 23.2 Å². The number of nitrogens with one attached hydrogen (secondary N) is 1. The van der Waals surface area contributed by atoms with Crippen LogP contribution in [0.2, 0.25) is 5.02 Å². The predicted octanol–water partition coefficient (Wildman–Crippen LogP) is 2.89. The van der Waals surface area contributed by atoms with E-state index in [1.54, 1.807) is 36.7 Å². The fourth-order valence-corrected chi connectivity index (χ4v) is 1.72. The summed E-state index contributed by atoms with van der Waals surface area (Å²) >= 11 is 5.93. The monoisotopic (exact) mass is 273 g/mol. The molecule has 0 saturated heterocycles. The quantitative estimate of drug-likeness (QED) is 0.690. The van der Waals surface area contributed by atoms with Gasteiger partial charge in [-0.05, 0) is 31.2 Å². The summed E-state index contributed by atoms with van der Waals surface area (Å²) in [7, 11) is 0. The second kappa shape index (κ2) is 6.11. The van der Waals surface area contributed by atoms with Crippen molar-refractivity contribution in [3.05, 3.63) is 64.9 Å². The smallest absolute Gasteiger partial charge is 0.267 e. The molecule has 0 aliphatic rings. The number of carbonyl (C=O) groups excluding carboxylic acids is 1. The Morgan fingerprint density at radius 3 is 2.58 bits per heavy atom. The first-order valence-corrected chi connectivity index (χ1v) is 6.06. The number of pyridine rings is 1. The van der Waals surface area contributed by atoms with Gasteiger partial charge in [0.15, 0.2) is 0 Å². The molecule has 2 aromatic rings. The van der Waals surface area contributed by atoms with Gasteiger partial charge in [-0.2, -0.15) is 5.10 Å². The van der Waals surface area contributed by atoms with Crippen molar-refractivity contribution in [3.8, 4) is 0 Å². The fourth-order valence-electron chi connectivity index (χ4n) is 1.50. The summed E-state index contributed by atoms with van der Waals surface area (Å²) in [6.07, 6.45) is 3.34. The Morgan fingerprint density at radius 1 is 1.21 bits per heavy atom. The van der Waals surface area contributed by atoms with E-state index in [2.05, 4.69) is 15.5 Å². The third-order valence-corrected chi connectivity index (χ3v) is 2.87. The number of benzene rings is 1. The van der Waals surface area contributed by atoms with E-state index in [1.807, 2.05) is 19.1 Å². The number of hydrogen-bond acceptors (Lipinski definition) is 3. The van der Waals surface area contributed by atoms with Crippen molar-refractivity contribution in [3.63, 3.8) is 0 Å². The van der Waals surface area contributed by atoms with Gasteiger partial charge in [-0.15, -0.1) is 0 Å². The Bertz CT molecular complexity index is 611. The van der Waals surface area contributed by atoms with E-state index in [-0.39, 0.29) is 5.91 Å². The molecule has 0 atom stereocenters. The van der Waals surface area contributed by atoms with Crippen LogP contribution in [-0.2, 0) is 0 Å². The third-order valence-electron chi connectivity index (χ3n) is 2.54. The van der Waals surface area contributed by atoms with Crippen LogP contribution in [0.3, 0.4) is 0 Å². The van der Waals surface area contributed by atoms with Crippen LogP contribution in [0.5, 0.6) is 0 Å². The highest BCUT2D eigenvalue weighted by atomic mass is 35.5. The molecule has 4 nitrogen and oxygen atoms in total. The van der Waals surface area contributed by atoms with Crippen LogP contribution in [0.1, 0.15) is 22.8 Å². The lowest BCUT2D eigenvalue weighted by Crippen LogP contribution is -2.19. The number of hydrogen-bond donors (Lipinski definition) is 1. The average molecular weight is 274 g/mol. The predicted molar refractivity (Wildman–Crippen MR) is 75.4 cm³/mol. The standard InChI is InChI=1S/C14H12ClN3O/c1-10(11-6-8-16-9-7-11)17-18-14(19)12-4-2-3-5-13(12)15/h2-9H,1H3,(H,18,19)/b17-10+. The molecule has 0 aliphatic heterocycles. The molecule has 0 bridgehead atoms. The van der Waals surface area contributed by atoms with E-state index in [9.17, 15) is 4.79 Å². The molecule has 1 N–H and O–H groups in total. The Morgan fingerprint density at radius 2 is 1.89 bits per heavy atom. The molecule has 0 unspecified atom stereocenters. The van der Waals surface area contributed by atoms with E-state index in [0.29, 0.717) is 16.3 Å². The van der Waals surface area contributed by atoms with Gasteiger partial charge < -0.3 is 0 Å². The minimum Gasteiger partial charge on any atom is -0.267 e. The number of hydrazone groups is 1. The number of halogens is 1. The van der Waals surface area contributed by atoms with Crippen LogP contribution in [0.4, 0.5) is 0 Å². The lowest BCUT2D eigenvalue weighted by atomic mass is 10.2. The normalized spacial score (nSPS) is 11.2. The molecule has 0 fully saturated rings. The third kappa shape index (κ3) is 3.39. The average Bonchev–Trinajstić information content (AvgIpc) is 2.46. The highest BCUT2D eigenvalue weighted by Gasteiger charge is 2.08. The molecule has 5 heteroatoms. The molecule has 1 heterocycles. The number of aromatic nitrogens is 1. The summed E-state index contributed by atoms with van der Waals surface area (Å²) in [5, 5.41) is 4.44. The summed E-state index contributed by atoms with van der Waals surface area (Å²) in [5.74, 6) is -0.334. The summed E-state index contributed by atoms with van der Waals surface area (Å²) < 4.78 is 0. The van der Waals surface area contributed by atoms with Gasteiger partial charge in [-0.1, -0.05) is 23.7 Å². The second-order valence-electron chi connectivity index (χ2n) is 3.85. The Hall–Kier alpha value is -2.20. The Labute approximate surface area is 116 Å². The van der Waals surface area contributed by atoms with Gasteiger partial charge in [0, 0.05) is 18.0 Å². The topological polar surface area (TPSA) is 54.4 Å². The molecule has 1 aromatic carbocycles. The number of nitrogens with zero attached hydrogens (tertiary/aromatic N) is 2. The SMILES string of the molecule is C/C(=N\NC(=O)c1ccccc1Cl)c1ccncc1. The molecule has 0 saturated carbocycles. The van der Waals surface area contributed by atoms with Gasteiger partial charge in [0.25, 0.3) is 5.91 Å². The van der Waals surface area contributed by atoms with Crippen molar-refractivity contribution in [1.29, 1.82) is 0 Å². The molecule has 0 radical (unpaired) electrons. The maximum atomic E-state index is 11.9. The van der Waals surface area contributed by atoms with Gasteiger partial charge in [-0.25, -0.2) is 5.43 Å². The number of rotatable bonds is 3. The van der Waals surface area contributed by atoms with Gasteiger partial charge in [-0.3, -0.25) is 9.78 Å². The molecule has 0 spiro atoms.